The summed E-state index contributed by atoms with van der Waals surface area (Å²) in [5.41, 5.74) is 11.6. The Hall–Kier alpha value is -3.64. The summed E-state index contributed by atoms with van der Waals surface area (Å²) in [6.07, 6.45) is 3.66. The molecular formula is C24H25N5O. The van der Waals surface area contributed by atoms with Crippen LogP contribution in [-0.4, -0.2) is 48.0 Å². The number of H-pyrrole nitrogens is 1. The van der Waals surface area contributed by atoms with E-state index in [1.54, 1.807) is 6.20 Å². The van der Waals surface area contributed by atoms with Gasteiger partial charge in [-0.2, -0.15) is 0 Å². The Balaban J connectivity index is 1.63. The number of hydrogen-bond acceptors (Lipinski definition) is 4. The molecule has 0 radical (unpaired) electrons. The Morgan fingerprint density at radius 3 is 2.77 bits per heavy atom. The molecule has 0 atom stereocenters. The number of anilines is 1. The summed E-state index contributed by atoms with van der Waals surface area (Å²) in [5.74, 6) is 0.395. The molecule has 6 heteroatoms. The standard InChI is InChI=1S/C24H25N5O/c1-29(2)11-10-27-24(30)19-5-3-4-16(12-19)20-14-21(23(25)28-15-20)17-6-7-22-18(13-17)8-9-26-22/h3-9,12-15,26H,10-11H2,1-2H3,(H2,25,28)(H,27,30). The lowest BCUT2D eigenvalue weighted by molar-refractivity contribution is 0.0951. The number of rotatable bonds is 6. The lowest BCUT2D eigenvalue weighted by Gasteiger charge is -2.12. The fourth-order valence-corrected chi connectivity index (χ4v) is 3.42. The summed E-state index contributed by atoms with van der Waals surface area (Å²) in [7, 11) is 3.96. The third-order valence-corrected chi connectivity index (χ3v) is 5.09. The first-order chi connectivity index (χ1) is 14.5. The summed E-state index contributed by atoms with van der Waals surface area (Å²) in [6.45, 7) is 1.40. The number of nitrogens with one attached hydrogen (secondary N) is 2. The minimum absolute atomic E-state index is 0.0831. The molecule has 152 valence electrons. The van der Waals surface area contributed by atoms with Crippen LogP contribution in [0.25, 0.3) is 33.2 Å². The average molecular weight is 399 g/mol. The summed E-state index contributed by atoms with van der Waals surface area (Å²) in [6, 6.07) is 17.8. The highest BCUT2D eigenvalue weighted by molar-refractivity contribution is 5.95. The van der Waals surface area contributed by atoms with E-state index < -0.39 is 0 Å². The Kier molecular flexibility index (Phi) is 5.50. The first kappa shape index (κ1) is 19.7. The number of benzene rings is 2. The van der Waals surface area contributed by atoms with Gasteiger partial charge >= 0.3 is 0 Å². The van der Waals surface area contributed by atoms with Gasteiger partial charge in [0.2, 0.25) is 0 Å². The van der Waals surface area contributed by atoms with Gasteiger partial charge in [0.1, 0.15) is 5.82 Å². The van der Waals surface area contributed by atoms with Crippen LogP contribution in [0.4, 0.5) is 5.82 Å². The number of nitrogens with two attached hydrogens (primary N) is 1. The predicted octanol–water partition coefficient (Wildman–Crippen LogP) is 3.77. The van der Waals surface area contributed by atoms with E-state index in [2.05, 4.69) is 21.4 Å². The summed E-state index contributed by atoms with van der Waals surface area (Å²) in [4.78, 5) is 22.1. The van der Waals surface area contributed by atoms with Crippen molar-refractivity contribution in [3.63, 3.8) is 0 Å². The van der Waals surface area contributed by atoms with E-state index in [-0.39, 0.29) is 5.91 Å². The van der Waals surface area contributed by atoms with Crippen molar-refractivity contribution in [3.05, 3.63) is 72.6 Å². The van der Waals surface area contributed by atoms with E-state index in [0.29, 0.717) is 17.9 Å². The molecular weight excluding hydrogens is 374 g/mol. The lowest BCUT2D eigenvalue weighted by Crippen LogP contribution is -2.31. The zero-order chi connectivity index (χ0) is 21.1. The number of fused-ring (bicyclic) bond motifs is 1. The predicted molar refractivity (Wildman–Crippen MR) is 122 cm³/mol. The van der Waals surface area contributed by atoms with Crippen molar-refractivity contribution in [3.8, 4) is 22.3 Å². The molecule has 4 aromatic rings. The molecule has 4 N–H and O–H groups in total. The molecule has 2 aromatic carbocycles. The van der Waals surface area contributed by atoms with Gasteiger partial charge in [-0.25, -0.2) is 4.98 Å². The fraction of sp³-hybridized carbons (Fsp3) is 0.167. The quantitative estimate of drug-likeness (QED) is 0.461. The van der Waals surface area contributed by atoms with Crippen LogP contribution in [0.5, 0.6) is 0 Å². The molecule has 2 aromatic heterocycles. The molecule has 0 unspecified atom stereocenters. The molecule has 6 nitrogen and oxygen atoms in total. The number of nitrogens with zero attached hydrogens (tertiary/aromatic N) is 2. The highest BCUT2D eigenvalue weighted by Gasteiger charge is 2.11. The molecule has 0 saturated carbocycles. The first-order valence-electron chi connectivity index (χ1n) is 9.87. The van der Waals surface area contributed by atoms with Gasteiger partial charge < -0.3 is 20.9 Å². The maximum Gasteiger partial charge on any atom is 0.251 e. The summed E-state index contributed by atoms with van der Waals surface area (Å²) >= 11 is 0. The second-order valence-electron chi connectivity index (χ2n) is 7.58. The van der Waals surface area contributed by atoms with Crippen LogP contribution in [0.2, 0.25) is 0 Å². The molecule has 0 fully saturated rings. The second-order valence-corrected chi connectivity index (χ2v) is 7.58. The first-order valence-corrected chi connectivity index (χ1v) is 9.87. The van der Waals surface area contributed by atoms with E-state index in [1.165, 1.54) is 0 Å². The largest absolute Gasteiger partial charge is 0.383 e. The average Bonchev–Trinajstić information content (AvgIpc) is 3.22. The number of carbonyl (C=O) groups excluding carboxylic acids is 1. The van der Waals surface area contributed by atoms with Gasteiger partial charge in [0.05, 0.1) is 0 Å². The molecule has 0 spiro atoms. The van der Waals surface area contributed by atoms with E-state index in [9.17, 15) is 4.79 Å². The number of nitrogen functional groups attached to an aromatic ring is 1. The third-order valence-electron chi connectivity index (χ3n) is 5.09. The molecule has 0 bridgehead atoms. The van der Waals surface area contributed by atoms with E-state index in [1.807, 2.05) is 73.7 Å². The van der Waals surface area contributed by atoms with E-state index in [0.717, 1.165) is 39.7 Å². The lowest BCUT2D eigenvalue weighted by atomic mass is 9.99. The topological polar surface area (TPSA) is 87.0 Å². The van der Waals surface area contributed by atoms with Crippen LogP contribution >= 0.6 is 0 Å². The smallest absolute Gasteiger partial charge is 0.251 e. The van der Waals surface area contributed by atoms with Crippen LogP contribution in [0.1, 0.15) is 10.4 Å². The number of amides is 1. The molecule has 4 rings (SSSR count). The molecule has 0 saturated heterocycles. The Morgan fingerprint density at radius 2 is 1.93 bits per heavy atom. The maximum atomic E-state index is 12.5. The molecule has 0 aliphatic rings. The number of hydrogen-bond donors (Lipinski definition) is 3. The van der Waals surface area contributed by atoms with Crippen molar-refractivity contribution < 1.29 is 4.79 Å². The maximum absolute atomic E-state index is 12.5. The zero-order valence-corrected chi connectivity index (χ0v) is 17.1. The number of likely N-dealkylation sites (N-methyl/N-ethyl adjacent to an activating group) is 1. The number of aromatic nitrogens is 2. The minimum Gasteiger partial charge on any atom is -0.383 e. The van der Waals surface area contributed by atoms with Gasteiger partial charge in [-0.05, 0) is 67.0 Å². The van der Waals surface area contributed by atoms with E-state index >= 15 is 0 Å². The molecule has 2 heterocycles. The zero-order valence-electron chi connectivity index (χ0n) is 17.1. The van der Waals surface area contributed by atoms with Gasteiger partial charge in [0.25, 0.3) is 5.91 Å². The number of carbonyl (C=O) groups is 1. The molecule has 30 heavy (non-hydrogen) atoms. The van der Waals surface area contributed by atoms with E-state index in [4.69, 9.17) is 5.73 Å². The monoisotopic (exact) mass is 399 g/mol. The Bertz CT molecular complexity index is 1200. The van der Waals surface area contributed by atoms with Gasteiger partial charge in [-0.3, -0.25) is 4.79 Å². The van der Waals surface area contributed by atoms with Crippen molar-refractivity contribution in [2.45, 2.75) is 0 Å². The van der Waals surface area contributed by atoms with Crippen molar-refractivity contribution in [1.29, 1.82) is 0 Å². The Labute approximate surface area is 175 Å². The van der Waals surface area contributed by atoms with Gasteiger partial charge in [0.15, 0.2) is 0 Å². The van der Waals surface area contributed by atoms with Crippen LogP contribution in [-0.2, 0) is 0 Å². The number of aromatic amines is 1. The van der Waals surface area contributed by atoms with Gasteiger partial charge in [-0.1, -0.05) is 18.2 Å². The summed E-state index contributed by atoms with van der Waals surface area (Å²) < 4.78 is 0. The Morgan fingerprint density at radius 1 is 1.07 bits per heavy atom. The van der Waals surface area contributed by atoms with Crippen molar-refractivity contribution >= 4 is 22.6 Å². The minimum atomic E-state index is -0.0831. The van der Waals surface area contributed by atoms with Crippen molar-refractivity contribution in [1.82, 2.24) is 20.2 Å². The second kappa shape index (κ2) is 8.39. The van der Waals surface area contributed by atoms with Crippen LogP contribution in [0, 0.1) is 0 Å². The normalized spacial score (nSPS) is 11.2. The number of pyridine rings is 1. The third kappa shape index (κ3) is 4.18. The molecule has 0 aliphatic carbocycles. The van der Waals surface area contributed by atoms with Gasteiger partial charge in [0, 0.05) is 47.7 Å². The van der Waals surface area contributed by atoms with Crippen LogP contribution in [0.15, 0.2) is 67.0 Å². The highest BCUT2D eigenvalue weighted by atomic mass is 16.1. The van der Waals surface area contributed by atoms with Gasteiger partial charge in [-0.15, -0.1) is 0 Å². The SMILES string of the molecule is CN(C)CCNC(=O)c1cccc(-c2cnc(N)c(-c3ccc4[nH]ccc4c3)c2)c1. The fourth-order valence-electron chi connectivity index (χ4n) is 3.42. The molecule has 1 amide bonds. The van der Waals surface area contributed by atoms with Crippen molar-refractivity contribution in [2.24, 2.45) is 0 Å². The molecule has 0 aliphatic heterocycles. The van der Waals surface area contributed by atoms with Crippen LogP contribution in [0.3, 0.4) is 0 Å². The van der Waals surface area contributed by atoms with Crippen LogP contribution < -0.4 is 11.1 Å². The summed E-state index contributed by atoms with van der Waals surface area (Å²) in [5, 5.41) is 4.07. The highest BCUT2D eigenvalue weighted by Crippen LogP contribution is 2.31. The van der Waals surface area contributed by atoms with Crippen molar-refractivity contribution in [2.75, 3.05) is 32.9 Å².